The van der Waals surface area contributed by atoms with E-state index in [0.29, 0.717) is 5.76 Å². The van der Waals surface area contributed by atoms with Gasteiger partial charge in [0.1, 0.15) is 5.76 Å². The maximum absolute atomic E-state index is 10.8. The van der Waals surface area contributed by atoms with Gasteiger partial charge < -0.3 is 4.74 Å². The zero-order chi connectivity index (χ0) is 9.97. The van der Waals surface area contributed by atoms with Crippen molar-refractivity contribution in [1.29, 1.82) is 0 Å². The summed E-state index contributed by atoms with van der Waals surface area (Å²) < 4.78 is 5.95. The Morgan fingerprint density at radius 1 is 1.14 bits per heavy atom. The van der Waals surface area contributed by atoms with Crippen molar-refractivity contribution in [1.82, 2.24) is 0 Å². The Morgan fingerprint density at radius 3 is 2.43 bits per heavy atom. The number of ether oxygens (including phenoxy) is 1. The molecule has 3 heteroatoms. The Bertz CT molecular complexity index is 418. The van der Waals surface area contributed by atoms with Crippen molar-refractivity contribution in [2.24, 2.45) is 0 Å². The average Bonchev–Trinajstić information content (AvgIpc) is 2.65. The summed E-state index contributed by atoms with van der Waals surface area (Å²) in [4.78, 5) is 10.8. The van der Waals surface area contributed by atoms with Crippen molar-refractivity contribution in [2.45, 2.75) is 0 Å². The molecule has 1 aliphatic heterocycles. The number of rotatable bonds is 1. The second-order valence-electron chi connectivity index (χ2n) is 2.80. The summed E-state index contributed by atoms with van der Waals surface area (Å²) in [7, 11) is 0. The van der Waals surface area contributed by atoms with Crippen LogP contribution in [-0.4, -0.2) is 5.97 Å². The van der Waals surface area contributed by atoms with Crippen LogP contribution in [0.4, 0.5) is 0 Å². The Morgan fingerprint density at radius 2 is 1.86 bits per heavy atom. The predicted octanol–water partition coefficient (Wildman–Crippen LogP) is 2.90. The monoisotopic (exact) mass is 298 g/mol. The molecule has 0 bridgehead atoms. The summed E-state index contributed by atoms with van der Waals surface area (Å²) in [5.74, 6) is 0.326. The molecule has 0 atom stereocenters. The van der Waals surface area contributed by atoms with Gasteiger partial charge in [-0.2, -0.15) is 0 Å². The Kier molecular flexibility index (Phi) is 2.67. The van der Waals surface area contributed by atoms with Gasteiger partial charge in [-0.15, -0.1) is 0 Å². The minimum atomic E-state index is -0.301. The molecule has 1 aromatic rings. The van der Waals surface area contributed by atoms with Crippen LogP contribution < -0.4 is 0 Å². The lowest BCUT2D eigenvalue weighted by Crippen LogP contribution is -1.91. The standard InChI is InChI=1S/C11H7IO2/c12-11(8-4-2-1-3-5-8)9-6-7-10(13)14-9/h1-7H/b11-9+. The molecule has 0 spiro atoms. The number of halogens is 1. The molecule has 0 saturated heterocycles. The number of esters is 1. The number of benzene rings is 1. The highest BCUT2D eigenvalue weighted by Crippen LogP contribution is 2.29. The smallest absolute Gasteiger partial charge is 0.336 e. The van der Waals surface area contributed by atoms with Crippen LogP contribution in [0, 0.1) is 0 Å². The third kappa shape index (κ3) is 1.87. The number of cyclic esters (lactones) is 1. The Hall–Kier alpha value is -1.10. The maximum Gasteiger partial charge on any atom is 0.336 e. The lowest BCUT2D eigenvalue weighted by molar-refractivity contribution is -0.132. The number of carbonyl (C=O) groups excluding carboxylic acids is 1. The van der Waals surface area contributed by atoms with Crippen LogP contribution in [-0.2, 0) is 9.53 Å². The van der Waals surface area contributed by atoms with E-state index in [1.54, 1.807) is 6.08 Å². The fourth-order valence-corrected chi connectivity index (χ4v) is 1.81. The summed E-state index contributed by atoms with van der Waals surface area (Å²) >= 11 is 2.17. The normalized spacial score (nSPS) is 18.2. The average molecular weight is 298 g/mol. The third-order valence-corrected chi connectivity index (χ3v) is 2.98. The largest absolute Gasteiger partial charge is 0.422 e. The summed E-state index contributed by atoms with van der Waals surface area (Å²) in [6.07, 6.45) is 3.12. The van der Waals surface area contributed by atoms with Gasteiger partial charge in [0.05, 0.1) is 3.58 Å². The minimum absolute atomic E-state index is 0.301. The van der Waals surface area contributed by atoms with Crippen molar-refractivity contribution in [3.8, 4) is 0 Å². The minimum Gasteiger partial charge on any atom is -0.422 e. The van der Waals surface area contributed by atoms with Gasteiger partial charge in [0, 0.05) is 6.08 Å². The van der Waals surface area contributed by atoms with E-state index in [9.17, 15) is 4.79 Å². The van der Waals surface area contributed by atoms with Crippen LogP contribution in [0.25, 0.3) is 3.58 Å². The van der Waals surface area contributed by atoms with Crippen molar-refractivity contribution in [2.75, 3.05) is 0 Å². The number of allylic oxidation sites excluding steroid dienone is 1. The summed E-state index contributed by atoms with van der Waals surface area (Å²) in [6.45, 7) is 0. The quantitative estimate of drug-likeness (QED) is 0.588. The molecular formula is C11H7IO2. The molecule has 2 nitrogen and oxygen atoms in total. The first-order chi connectivity index (χ1) is 6.77. The highest BCUT2D eigenvalue weighted by molar-refractivity contribution is 14.1. The first-order valence-corrected chi connectivity index (χ1v) is 5.20. The van der Waals surface area contributed by atoms with Gasteiger partial charge in [0.2, 0.25) is 0 Å². The molecule has 70 valence electrons. The summed E-state index contributed by atoms with van der Waals surface area (Å²) in [5, 5.41) is 0. The second kappa shape index (κ2) is 3.96. The molecule has 1 aliphatic rings. The van der Waals surface area contributed by atoms with E-state index in [4.69, 9.17) is 4.74 Å². The fraction of sp³-hybridized carbons (Fsp3) is 0. The molecule has 1 aromatic carbocycles. The molecule has 0 fully saturated rings. The highest BCUT2D eigenvalue weighted by atomic mass is 127. The van der Waals surface area contributed by atoms with Gasteiger partial charge >= 0.3 is 5.97 Å². The van der Waals surface area contributed by atoms with E-state index < -0.39 is 0 Å². The van der Waals surface area contributed by atoms with E-state index in [0.717, 1.165) is 9.14 Å². The molecule has 14 heavy (non-hydrogen) atoms. The van der Waals surface area contributed by atoms with Crippen molar-refractivity contribution < 1.29 is 9.53 Å². The van der Waals surface area contributed by atoms with Gasteiger partial charge in [0.15, 0.2) is 0 Å². The first kappa shape index (κ1) is 9.45. The third-order valence-electron chi connectivity index (χ3n) is 1.82. The van der Waals surface area contributed by atoms with E-state index in [-0.39, 0.29) is 5.97 Å². The van der Waals surface area contributed by atoms with Crippen LogP contribution >= 0.6 is 22.6 Å². The van der Waals surface area contributed by atoms with Gasteiger partial charge in [-0.25, -0.2) is 4.79 Å². The molecule has 0 radical (unpaired) electrons. The van der Waals surface area contributed by atoms with Crippen LogP contribution in [0.1, 0.15) is 5.56 Å². The van der Waals surface area contributed by atoms with Crippen LogP contribution in [0.2, 0.25) is 0 Å². The SMILES string of the molecule is O=C1C=C/C(=C(\I)c2ccccc2)O1. The van der Waals surface area contributed by atoms with E-state index >= 15 is 0 Å². The van der Waals surface area contributed by atoms with Crippen molar-refractivity contribution in [3.63, 3.8) is 0 Å². The van der Waals surface area contributed by atoms with Crippen molar-refractivity contribution in [3.05, 3.63) is 53.8 Å². The molecule has 0 aliphatic carbocycles. The number of hydrogen-bond donors (Lipinski definition) is 0. The Balaban J connectivity index is 2.37. The van der Waals surface area contributed by atoms with E-state index in [1.807, 2.05) is 30.3 Å². The number of hydrogen-bond acceptors (Lipinski definition) is 2. The molecular weight excluding hydrogens is 291 g/mol. The molecule has 2 rings (SSSR count). The zero-order valence-electron chi connectivity index (χ0n) is 7.24. The Labute approximate surface area is 95.4 Å². The summed E-state index contributed by atoms with van der Waals surface area (Å²) in [5.41, 5.74) is 1.06. The van der Waals surface area contributed by atoms with Crippen LogP contribution in [0.15, 0.2) is 48.2 Å². The van der Waals surface area contributed by atoms with Crippen LogP contribution in [0.5, 0.6) is 0 Å². The highest BCUT2D eigenvalue weighted by Gasteiger charge is 2.14. The van der Waals surface area contributed by atoms with Gasteiger partial charge in [-0.05, 0) is 34.2 Å². The molecule has 0 N–H and O–H groups in total. The van der Waals surface area contributed by atoms with Crippen molar-refractivity contribution >= 4 is 32.1 Å². The fourth-order valence-electron chi connectivity index (χ4n) is 1.16. The topological polar surface area (TPSA) is 26.3 Å². The molecule has 1 heterocycles. The van der Waals surface area contributed by atoms with Gasteiger partial charge in [-0.3, -0.25) is 0 Å². The van der Waals surface area contributed by atoms with Gasteiger partial charge in [-0.1, -0.05) is 30.3 Å². The zero-order valence-corrected chi connectivity index (χ0v) is 9.39. The molecule has 0 amide bonds. The number of carbonyl (C=O) groups is 1. The molecule has 0 aromatic heterocycles. The summed E-state index contributed by atoms with van der Waals surface area (Å²) in [6, 6.07) is 9.82. The molecule has 0 saturated carbocycles. The van der Waals surface area contributed by atoms with E-state index in [2.05, 4.69) is 22.6 Å². The predicted molar refractivity (Wildman–Crippen MR) is 62.6 cm³/mol. The maximum atomic E-state index is 10.8. The first-order valence-electron chi connectivity index (χ1n) is 4.12. The van der Waals surface area contributed by atoms with Gasteiger partial charge in [0.25, 0.3) is 0 Å². The van der Waals surface area contributed by atoms with E-state index in [1.165, 1.54) is 6.08 Å². The lowest BCUT2D eigenvalue weighted by atomic mass is 10.2. The molecule has 0 unspecified atom stereocenters. The lowest BCUT2D eigenvalue weighted by Gasteiger charge is -2.02. The van der Waals surface area contributed by atoms with Crippen LogP contribution in [0.3, 0.4) is 0 Å². The second-order valence-corrected chi connectivity index (χ2v) is 3.88.